The zero-order valence-electron chi connectivity index (χ0n) is 6.38. The Balaban J connectivity index is 1.66. The quantitative estimate of drug-likeness (QED) is 0.552. The summed E-state index contributed by atoms with van der Waals surface area (Å²) >= 11 is 0. The van der Waals surface area contributed by atoms with Crippen LogP contribution in [0.5, 0.6) is 0 Å². The minimum Gasteiger partial charge on any atom is -0.381 e. The first-order valence-electron chi connectivity index (χ1n) is 4.13. The molecular formula is C8H14O2. The first kappa shape index (κ1) is 6.62. The van der Waals surface area contributed by atoms with Crippen molar-refractivity contribution in [2.24, 2.45) is 5.92 Å². The molecule has 0 N–H and O–H groups in total. The third kappa shape index (κ3) is 1.18. The Kier molecular flexibility index (Phi) is 1.66. The van der Waals surface area contributed by atoms with E-state index >= 15 is 0 Å². The van der Waals surface area contributed by atoms with E-state index in [0.717, 1.165) is 19.1 Å². The van der Waals surface area contributed by atoms with Crippen molar-refractivity contribution in [1.29, 1.82) is 0 Å². The second kappa shape index (κ2) is 2.51. The lowest BCUT2D eigenvalue weighted by Gasteiger charge is -2.09. The van der Waals surface area contributed by atoms with Gasteiger partial charge in [-0.1, -0.05) is 0 Å². The lowest BCUT2D eigenvalue weighted by atomic mass is 10.1. The largest absolute Gasteiger partial charge is 0.381 e. The maximum Gasteiger partial charge on any atom is 0.0845 e. The maximum absolute atomic E-state index is 5.33. The topological polar surface area (TPSA) is 21.8 Å². The fourth-order valence-corrected chi connectivity index (χ4v) is 1.77. The van der Waals surface area contributed by atoms with E-state index in [4.69, 9.17) is 9.47 Å². The van der Waals surface area contributed by atoms with Crippen molar-refractivity contribution in [3.8, 4) is 0 Å². The third-order valence-corrected chi connectivity index (χ3v) is 2.38. The molecule has 1 aliphatic carbocycles. The molecule has 2 unspecified atom stereocenters. The van der Waals surface area contributed by atoms with E-state index < -0.39 is 0 Å². The molecule has 2 fully saturated rings. The van der Waals surface area contributed by atoms with Crippen LogP contribution >= 0.6 is 0 Å². The summed E-state index contributed by atoms with van der Waals surface area (Å²) in [6, 6.07) is 0. The van der Waals surface area contributed by atoms with Gasteiger partial charge in [-0.2, -0.15) is 0 Å². The highest BCUT2D eigenvalue weighted by Crippen LogP contribution is 2.41. The van der Waals surface area contributed by atoms with Crippen molar-refractivity contribution < 1.29 is 9.47 Å². The number of epoxide rings is 1. The summed E-state index contributed by atoms with van der Waals surface area (Å²) < 4.78 is 10.6. The minimum absolute atomic E-state index is 0.616. The molecule has 58 valence electrons. The summed E-state index contributed by atoms with van der Waals surface area (Å²) in [6.45, 7) is 3.85. The van der Waals surface area contributed by atoms with Crippen LogP contribution in [-0.2, 0) is 9.47 Å². The summed E-state index contributed by atoms with van der Waals surface area (Å²) in [5.74, 6) is 0.795. The van der Waals surface area contributed by atoms with Crippen molar-refractivity contribution in [1.82, 2.24) is 0 Å². The van der Waals surface area contributed by atoms with Crippen molar-refractivity contribution in [2.75, 3.05) is 13.2 Å². The number of rotatable bonds is 3. The van der Waals surface area contributed by atoms with Crippen molar-refractivity contribution in [3.05, 3.63) is 0 Å². The standard InChI is InChI=1S/C8H14O2/c1-2-9-5-6-3-7-8(4-6)10-7/h6-8H,2-5H2,1H3. The Morgan fingerprint density at radius 1 is 1.40 bits per heavy atom. The van der Waals surface area contributed by atoms with E-state index in [-0.39, 0.29) is 0 Å². The second-order valence-electron chi connectivity index (χ2n) is 3.21. The van der Waals surface area contributed by atoms with E-state index in [0.29, 0.717) is 12.2 Å². The predicted molar refractivity (Wildman–Crippen MR) is 37.9 cm³/mol. The molecule has 2 rings (SSSR count). The van der Waals surface area contributed by atoms with Crippen LogP contribution in [-0.4, -0.2) is 25.4 Å². The fraction of sp³-hybridized carbons (Fsp3) is 1.00. The highest BCUT2D eigenvalue weighted by molar-refractivity contribution is 4.95. The molecule has 1 heterocycles. The molecule has 2 heteroatoms. The van der Waals surface area contributed by atoms with Crippen LogP contribution in [0.1, 0.15) is 19.8 Å². The summed E-state index contributed by atoms with van der Waals surface area (Å²) in [6.07, 6.45) is 3.71. The first-order valence-corrected chi connectivity index (χ1v) is 4.13. The lowest BCUT2D eigenvalue weighted by molar-refractivity contribution is 0.0958. The van der Waals surface area contributed by atoms with Crippen LogP contribution in [0.15, 0.2) is 0 Å². The van der Waals surface area contributed by atoms with Gasteiger partial charge in [0.25, 0.3) is 0 Å². The van der Waals surface area contributed by atoms with Gasteiger partial charge in [0.2, 0.25) is 0 Å². The zero-order chi connectivity index (χ0) is 6.97. The summed E-state index contributed by atoms with van der Waals surface area (Å²) in [4.78, 5) is 0. The van der Waals surface area contributed by atoms with Crippen molar-refractivity contribution >= 4 is 0 Å². The second-order valence-corrected chi connectivity index (χ2v) is 3.21. The van der Waals surface area contributed by atoms with Gasteiger partial charge < -0.3 is 9.47 Å². The molecule has 0 aromatic carbocycles. The minimum atomic E-state index is 0.616. The fourth-order valence-electron chi connectivity index (χ4n) is 1.77. The number of hydrogen-bond acceptors (Lipinski definition) is 2. The smallest absolute Gasteiger partial charge is 0.0845 e. The average Bonchev–Trinajstić information content (AvgIpc) is 2.56. The van der Waals surface area contributed by atoms with Crippen LogP contribution in [0.4, 0.5) is 0 Å². The zero-order valence-corrected chi connectivity index (χ0v) is 6.38. The van der Waals surface area contributed by atoms with Gasteiger partial charge in [-0.3, -0.25) is 0 Å². The SMILES string of the molecule is CCOCC1CC2OC2C1. The van der Waals surface area contributed by atoms with Crippen LogP contribution < -0.4 is 0 Å². The van der Waals surface area contributed by atoms with Gasteiger partial charge in [0.1, 0.15) is 0 Å². The Hall–Kier alpha value is -0.0800. The third-order valence-electron chi connectivity index (χ3n) is 2.38. The number of ether oxygens (including phenoxy) is 2. The molecular weight excluding hydrogens is 128 g/mol. The monoisotopic (exact) mass is 142 g/mol. The van der Waals surface area contributed by atoms with Gasteiger partial charge in [-0.25, -0.2) is 0 Å². The molecule has 0 amide bonds. The Morgan fingerprint density at radius 3 is 2.70 bits per heavy atom. The summed E-state index contributed by atoms with van der Waals surface area (Å²) in [5, 5.41) is 0. The van der Waals surface area contributed by atoms with E-state index in [1.54, 1.807) is 0 Å². The van der Waals surface area contributed by atoms with Gasteiger partial charge in [0.05, 0.1) is 12.2 Å². The molecule has 1 aliphatic heterocycles. The molecule has 0 bridgehead atoms. The number of fused-ring (bicyclic) bond motifs is 1. The van der Waals surface area contributed by atoms with E-state index in [2.05, 4.69) is 0 Å². The van der Waals surface area contributed by atoms with Crippen LogP contribution in [0.3, 0.4) is 0 Å². The van der Waals surface area contributed by atoms with Gasteiger partial charge in [-0.15, -0.1) is 0 Å². The Bertz CT molecular complexity index is 114. The van der Waals surface area contributed by atoms with E-state index in [1.807, 2.05) is 6.92 Å². The van der Waals surface area contributed by atoms with Crippen LogP contribution in [0.2, 0.25) is 0 Å². The molecule has 2 nitrogen and oxygen atoms in total. The molecule has 10 heavy (non-hydrogen) atoms. The van der Waals surface area contributed by atoms with Gasteiger partial charge in [-0.05, 0) is 25.7 Å². The Labute approximate surface area is 61.5 Å². The molecule has 2 atom stereocenters. The molecule has 2 aliphatic rings. The normalized spacial score (nSPS) is 43.5. The molecule has 0 spiro atoms. The van der Waals surface area contributed by atoms with Crippen LogP contribution in [0.25, 0.3) is 0 Å². The van der Waals surface area contributed by atoms with Gasteiger partial charge >= 0.3 is 0 Å². The van der Waals surface area contributed by atoms with E-state index in [9.17, 15) is 0 Å². The van der Waals surface area contributed by atoms with Crippen molar-refractivity contribution in [3.63, 3.8) is 0 Å². The molecule has 0 aromatic rings. The highest BCUT2D eigenvalue weighted by Gasteiger charge is 2.47. The molecule has 0 radical (unpaired) electrons. The van der Waals surface area contributed by atoms with Crippen molar-refractivity contribution in [2.45, 2.75) is 32.0 Å². The average molecular weight is 142 g/mol. The first-order chi connectivity index (χ1) is 4.90. The highest BCUT2D eigenvalue weighted by atomic mass is 16.6. The van der Waals surface area contributed by atoms with Crippen LogP contribution in [0, 0.1) is 5.92 Å². The molecule has 0 aromatic heterocycles. The lowest BCUT2D eigenvalue weighted by Crippen LogP contribution is -2.08. The summed E-state index contributed by atoms with van der Waals surface area (Å²) in [5.41, 5.74) is 0. The summed E-state index contributed by atoms with van der Waals surface area (Å²) in [7, 11) is 0. The Morgan fingerprint density at radius 2 is 2.10 bits per heavy atom. The molecule has 1 saturated carbocycles. The van der Waals surface area contributed by atoms with Gasteiger partial charge in [0.15, 0.2) is 0 Å². The van der Waals surface area contributed by atoms with Gasteiger partial charge in [0, 0.05) is 13.2 Å². The number of hydrogen-bond donors (Lipinski definition) is 0. The maximum atomic E-state index is 5.33. The predicted octanol–water partition coefficient (Wildman–Crippen LogP) is 1.20. The van der Waals surface area contributed by atoms with E-state index in [1.165, 1.54) is 12.8 Å². The molecule has 1 saturated heterocycles.